The minimum atomic E-state index is -0.473. The topological polar surface area (TPSA) is 98.7 Å². The molecule has 2 aromatic heterocycles. The number of fused-ring (bicyclic) bond motifs is 1. The molecular formula is C21H30N6O2. The van der Waals surface area contributed by atoms with E-state index in [4.69, 9.17) is 9.51 Å². The van der Waals surface area contributed by atoms with Crippen LogP contribution in [-0.4, -0.2) is 31.0 Å². The van der Waals surface area contributed by atoms with Gasteiger partial charge in [-0.1, -0.05) is 42.5 Å². The van der Waals surface area contributed by atoms with E-state index in [1.165, 1.54) is 37.8 Å². The third-order valence-corrected chi connectivity index (χ3v) is 7.05. The summed E-state index contributed by atoms with van der Waals surface area (Å²) < 4.78 is 7.93. The van der Waals surface area contributed by atoms with E-state index in [0.717, 1.165) is 50.6 Å². The lowest BCUT2D eigenvalue weighted by molar-refractivity contribution is -0.121. The minimum absolute atomic E-state index is 0.0351. The molecule has 3 aliphatic carbocycles. The highest BCUT2D eigenvalue weighted by Gasteiger charge is 2.40. The Morgan fingerprint density at radius 3 is 2.69 bits per heavy atom. The number of nitrogens with one attached hydrogen (secondary N) is 1. The second-order valence-corrected chi connectivity index (χ2v) is 9.09. The summed E-state index contributed by atoms with van der Waals surface area (Å²) in [5, 5.41) is 16.4. The highest BCUT2D eigenvalue weighted by atomic mass is 16.5. The van der Waals surface area contributed by atoms with Crippen molar-refractivity contribution < 1.29 is 9.32 Å². The molecule has 1 atom stereocenters. The van der Waals surface area contributed by atoms with Gasteiger partial charge in [0.2, 0.25) is 11.8 Å². The fourth-order valence-corrected chi connectivity index (χ4v) is 5.54. The average molecular weight is 399 g/mol. The smallest absolute Gasteiger partial charge is 0.230 e. The second kappa shape index (κ2) is 7.54. The zero-order valence-electron chi connectivity index (χ0n) is 17.2. The maximum Gasteiger partial charge on any atom is 0.230 e. The minimum Gasteiger partial charge on any atom is -0.343 e. The molecule has 2 aromatic rings. The lowest BCUT2D eigenvalue weighted by Gasteiger charge is -2.34. The molecule has 2 heterocycles. The first-order valence-corrected chi connectivity index (χ1v) is 11.2. The van der Waals surface area contributed by atoms with Crippen molar-refractivity contribution in [3.8, 4) is 0 Å². The molecule has 5 rings (SSSR count). The highest BCUT2D eigenvalue weighted by Crippen LogP contribution is 2.39. The molecular weight excluding hydrogens is 368 g/mol. The van der Waals surface area contributed by atoms with Crippen LogP contribution in [0, 0.1) is 0 Å². The third-order valence-electron chi connectivity index (χ3n) is 7.05. The molecule has 0 radical (unpaired) electrons. The lowest BCUT2D eigenvalue weighted by atomic mass is 9.81. The summed E-state index contributed by atoms with van der Waals surface area (Å²) in [6, 6.07) is 0.494. The van der Waals surface area contributed by atoms with Crippen molar-refractivity contribution in [3.63, 3.8) is 0 Å². The molecule has 0 bridgehead atoms. The van der Waals surface area contributed by atoms with Crippen molar-refractivity contribution in [3.05, 3.63) is 23.1 Å². The zero-order chi connectivity index (χ0) is 19.8. The molecule has 8 nitrogen and oxygen atoms in total. The highest BCUT2D eigenvalue weighted by molar-refractivity contribution is 5.74. The van der Waals surface area contributed by atoms with Crippen molar-refractivity contribution in [2.75, 3.05) is 0 Å². The number of hydrogen-bond donors (Lipinski definition) is 1. The van der Waals surface area contributed by atoms with Gasteiger partial charge in [0.1, 0.15) is 5.54 Å². The van der Waals surface area contributed by atoms with Crippen molar-refractivity contribution in [1.82, 2.24) is 30.5 Å². The van der Waals surface area contributed by atoms with Crippen LogP contribution in [0.2, 0.25) is 0 Å². The van der Waals surface area contributed by atoms with Crippen LogP contribution < -0.4 is 5.32 Å². The Labute approximate surface area is 170 Å². The number of aryl methyl sites for hydroxylation is 1. The fraction of sp³-hybridized carbons (Fsp3) is 0.762. The number of rotatable bonds is 4. The van der Waals surface area contributed by atoms with E-state index in [2.05, 4.69) is 25.5 Å². The van der Waals surface area contributed by atoms with Crippen molar-refractivity contribution in [2.45, 2.75) is 101 Å². The fourth-order valence-electron chi connectivity index (χ4n) is 5.54. The second-order valence-electron chi connectivity index (χ2n) is 9.09. The molecule has 2 saturated carbocycles. The predicted octanol–water partition coefficient (Wildman–Crippen LogP) is 3.34. The van der Waals surface area contributed by atoms with Crippen LogP contribution in [0.3, 0.4) is 0 Å². The van der Waals surface area contributed by atoms with Crippen molar-refractivity contribution in [1.29, 1.82) is 0 Å². The summed E-state index contributed by atoms with van der Waals surface area (Å²) in [4.78, 5) is 16.7. The molecule has 3 aliphatic rings. The molecule has 0 aliphatic heterocycles. The SMILES string of the molecule is CC(=O)NC1(c2noc(C3CCc4nnn(C5CCCC5)c4C3)n2)CCCCC1. The van der Waals surface area contributed by atoms with Crippen LogP contribution in [0.4, 0.5) is 0 Å². The number of amides is 1. The molecule has 29 heavy (non-hydrogen) atoms. The largest absolute Gasteiger partial charge is 0.343 e. The Morgan fingerprint density at radius 1 is 1.14 bits per heavy atom. The van der Waals surface area contributed by atoms with E-state index in [1.807, 2.05) is 0 Å². The zero-order valence-corrected chi connectivity index (χ0v) is 17.2. The molecule has 0 aromatic carbocycles. The van der Waals surface area contributed by atoms with Crippen molar-refractivity contribution in [2.24, 2.45) is 0 Å². The summed E-state index contributed by atoms with van der Waals surface area (Å²) in [5.74, 6) is 1.50. The Hall–Kier alpha value is -2.25. The standard InChI is InChI=1S/C21H30N6O2/c1-14(28)23-21(11-5-2-6-12-21)20-22-19(29-25-20)15-9-10-17-18(13-15)27(26-24-17)16-7-3-4-8-16/h15-16H,2-13H2,1H3,(H,23,28). The summed E-state index contributed by atoms with van der Waals surface area (Å²) >= 11 is 0. The molecule has 1 unspecified atom stereocenters. The van der Waals surface area contributed by atoms with Gasteiger partial charge in [-0.3, -0.25) is 4.79 Å². The van der Waals surface area contributed by atoms with E-state index < -0.39 is 5.54 Å². The first kappa shape index (κ1) is 18.8. The van der Waals surface area contributed by atoms with Crippen LogP contribution >= 0.6 is 0 Å². The Bertz CT molecular complexity index is 876. The van der Waals surface area contributed by atoms with Gasteiger partial charge in [-0.15, -0.1) is 5.10 Å². The van der Waals surface area contributed by atoms with Crippen LogP contribution in [0.1, 0.15) is 106 Å². The predicted molar refractivity (Wildman–Crippen MR) is 105 cm³/mol. The van der Waals surface area contributed by atoms with Crippen LogP contribution in [0.15, 0.2) is 4.52 Å². The van der Waals surface area contributed by atoms with Gasteiger partial charge >= 0.3 is 0 Å². The first-order chi connectivity index (χ1) is 14.1. The van der Waals surface area contributed by atoms with Gasteiger partial charge in [0, 0.05) is 19.3 Å². The van der Waals surface area contributed by atoms with Crippen LogP contribution in [0.5, 0.6) is 0 Å². The Morgan fingerprint density at radius 2 is 1.93 bits per heavy atom. The number of carbonyl (C=O) groups excluding carboxylic acids is 1. The van der Waals surface area contributed by atoms with Crippen LogP contribution in [-0.2, 0) is 23.2 Å². The Balaban J connectivity index is 1.38. The van der Waals surface area contributed by atoms with Crippen LogP contribution in [0.25, 0.3) is 0 Å². The maximum atomic E-state index is 11.9. The quantitative estimate of drug-likeness (QED) is 0.848. The van der Waals surface area contributed by atoms with E-state index in [9.17, 15) is 4.79 Å². The van der Waals surface area contributed by atoms with Gasteiger partial charge < -0.3 is 9.84 Å². The maximum absolute atomic E-state index is 11.9. The molecule has 1 N–H and O–H groups in total. The summed E-state index contributed by atoms with van der Waals surface area (Å²) in [6.07, 6.45) is 12.7. The van der Waals surface area contributed by atoms with Crippen molar-refractivity contribution >= 4 is 5.91 Å². The normalized spacial score (nSPS) is 24.4. The van der Waals surface area contributed by atoms with E-state index in [0.29, 0.717) is 17.8 Å². The number of carbonyl (C=O) groups is 1. The van der Waals surface area contributed by atoms with Gasteiger partial charge in [-0.05, 0) is 38.5 Å². The molecule has 2 fully saturated rings. The van der Waals surface area contributed by atoms with Gasteiger partial charge in [0.05, 0.1) is 17.4 Å². The molecule has 1 amide bonds. The summed E-state index contributed by atoms with van der Waals surface area (Å²) in [7, 11) is 0. The number of nitrogens with zero attached hydrogens (tertiary/aromatic N) is 5. The molecule has 156 valence electrons. The summed E-state index contributed by atoms with van der Waals surface area (Å²) in [6.45, 7) is 1.57. The summed E-state index contributed by atoms with van der Waals surface area (Å²) in [5.41, 5.74) is 1.91. The number of hydrogen-bond acceptors (Lipinski definition) is 6. The Kier molecular flexibility index (Phi) is 4.87. The van der Waals surface area contributed by atoms with E-state index >= 15 is 0 Å². The third kappa shape index (κ3) is 3.46. The van der Waals surface area contributed by atoms with Gasteiger partial charge in [-0.2, -0.15) is 4.98 Å². The van der Waals surface area contributed by atoms with E-state index in [1.54, 1.807) is 6.92 Å². The lowest BCUT2D eigenvalue weighted by Crippen LogP contribution is -2.47. The average Bonchev–Trinajstić information content (AvgIpc) is 3.47. The monoisotopic (exact) mass is 398 g/mol. The first-order valence-electron chi connectivity index (χ1n) is 11.2. The molecule has 0 spiro atoms. The van der Waals surface area contributed by atoms with Gasteiger partial charge in [-0.25, -0.2) is 4.68 Å². The number of aromatic nitrogens is 5. The molecule has 8 heteroatoms. The van der Waals surface area contributed by atoms with Gasteiger partial charge in [0.15, 0.2) is 5.82 Å². The van der Waals surface area contributed by atoms with E-state index in [-0.39, 0.29) is 11.8 Å². The molecule has 0 saturated heterocycles. The van der Waals surface area contributed by atoms with Gasteiger partial charge in [0.25, 0.3) is 0 Å².